The van der Waals surface area contributed by atoms with Crippen LogP contribution in [0.15, 0.2) is 29.3 Å². The number of carbonyl (C=O) groups is 1. The molecule has 6 heteroatoms. The Balaban J connectivity index is 2.57. The van der Waals surface area contributed by atoms with Gasteiger partial charge in [0.15, 0.2) is 5.96 Å². The molecule has 2 N–H and O–H groups in total. The molecule has 0 aliphatic rings. The summed E-state index contributed by atoms with van der Waals surface area (Å²) < 4.78 is 5.59. The zero-order chi connectivity index (χ0) is 17.9. The van der Waals surface area contributed by atoms with Crippen LogP contribution in [0.25, 0.3) is 0 Å². The molecule has 6 nitrogen and oxygen atoms in total. The number of ether oxygens (including phenoxy) is 1. The molecule has 0 bridgehead atoms. The molecule has 0 unspecified atom stereocenters. The lowest BCUT2D eigenvalue weighted by molar-refractivity contribution is -0.127. The standard InChI is InChI=1S/C18H30N4O2/c1-6-19-18(21-12-17(23)22(4)5)20-11-15-7-9-16(10-8-15)13-24-14(2)3/h7-10,14H,6,11-13H2,1-5H3,(H2,19,20,21). The van der Waals surface area contributed by atoms with Crippen LogP contribution in [0.3, 0.4) is 0 Å². The van der Waals surface area contributed by atoms with E-state index in [0.717, 1.165) is 17.7 Å². The van der Waals surface area contributed by atoms with Gasteiger partial charge in [-0.15, -0.1) is 0 Å². The number of aliphatic imine (C=N–C) groups is 1. The number of nitrogens with one attached hydrogen (secondary N) is 2. The van der Waals surface area contributed by atoms with Crippen LogP contribution in [0, 0.1) is 0 Å². The van der Waals surface area contributed by atoms with Gasteiger partial charge in [-0.05, 0) is 31.9 Å². The molecule has 24 heavy (non-hydrogen) atoms. The molecular formula is C18H30N4O2. The zero-order valence-corrected chi connectivity index (χ0v) is 15.4. The average molecular weight is 334 g/mol. The largest absolute Gasteiger partial charge is 0.374 e. The molecule has 0 heterocycles. The van der Waals surface area contributed by atoms with Crippen molar-refractivity contribution in [3.05, 3.63) is 35.4 Å². The van der Waals surface area contributed by atoms with Crippen LogP contribution >= 0.6 is 0 Å². The number of nitrogens with zero attached hydrogens (tertiary/aromatic N) is 2. The van der Waals surface area contributed by atoms with E-state index in [0.29, 0.717) is 19.1 Å². The molecule has 1 amide bonds. The van der Waals surface area contributed by atoms with E-state index in [1.165, 1.54) is 0 Å². The Labute approximate surface area is 145 Å². The van der Waals surface area contributed by atoms with Gasteiger partial charge in [-0.3, -0.25) is 4.79 Å². The summed E-state index contributed by atoms with van der Waals surface area (Å²) in [5.74, 6) is 0.648. The predicted molar refractivity (Wildman–Crippen MR) is 97.9 cm³/mol. The maximum absolute atomic E-state index is 11.6. The lowest BCUT2D eigenvalue weighted by Crippen LogP contribution is -2.42. The summed E-state index contributed by atoms with van der Waals surface area (Å²) in [5.41, 5.74) is 2.26. The summed E-state index contributed by atoms with van der Waals surface area (Å²) in [7, 11) is 3.47. The van der Waals surface area contributed by atoms with Gasteiger partial charge in [0, 0.05) is 20.6 Å². The van der Waals surface area contributed by atoms with Crippen molar-refractivity contribution >= 4 is 11.9 Å². The first-order chi connectivity index (χ1) is 11.4. The summed E-state index contributed by atoms with van der Waals surface area (Å²) >= 11 is 0. The van der Waals surface area contributed by atoms with Crippen LogP contribution in [0.4, 0.5) is 0 Å². The number of guanidine groups is 1. The fraction of sp³-hybridized carbons (Fsp3) is 0.556. The van der Waals surface area contributed by atoms with Crippen LogP contribution in [-0.2, 0) is 22.7 Å². The molecule has 0 spiro atoms. The molecule has 1 aromatic carbocycles. The van der Waals surface area contributed by atoms with Crippen LogP contribution in [0.1, 0.15) is 31.9 Å². The number of benzene rings is 1. The molecule has 0 saturated carbocycles. The molecule has 1 rings (SSSR count). The topological polar surface area (TPSA) is 66.0 Å². The van der Waals surface area contributed by atoms with Crippen molar-refractivity contribution in [2.75, 3.05) is 27.2 Å². The Kier molecular flexibility index (Phi) is 8.86. The SMILES string of the molecule is CCNC(=NCc1ccc(COC(C)C)cc1)NCC(=O)N(C)C. The van der Waals surface area contributed by atoms with E-state index in [-0.39, 0.29) is 18.6 Å². The fourth-order valence-corrected chi connectivity index (χ4v) is 1.83. The summed E-state index contributed by atoms with van der Waals surface area (Å²) in [5, 5.41) is 6.18. The van der Waals surface area contributed by atoms with E-state index in [1.54, 1.807) is 19.0 Å². The molecule has 0 saturated heterocycles. The second-order valence-corrected chi connectivity index (χ2v) is 6.01. The number of likely N-dealkylation sites (N-methyl/N-ethyl adjacent to an activating group) is 1. The van der Waals surface area contributed by atoms with Gasteiger partial charge in [0.1, 0.15) is 0 Å². The third-order valence-corrected chi connectivity index (χ3v) is 3.28. The van der Waals surface area contributed by atoms with E-state index < -0.39 is 0 Å². The number of hydrogen-bond acceptors (Lipinski definition) is 3. The van der Waals surface area contributed by atoms with Gasteiger partial charge in [0.2, 0.25) is 5.91 Å². The molecule has 134 valence electrons. The van der Waals surface area contributed by atoms with Gasteiger partial charge < -0.3 is 20.3 Å². The molecule has 1 aromatic rings. The summed E-state index contributed by atoms with van der Waals surface area (Å²) in [4.78, 5) is 17.7. The maximum Gasteiger partial charge on any atom is 0.241 e. The van der Waals surface area contributed by atoms with Crippen LogP contribution in [-0.4, -0.2) is 50.1 Å². The molecule has 0 radical (unpaired) electrons. The molecule has 0 aliphatic carbocycles. The highest BCUT2D eigenvalue weighted by molar-refractivity contribution is 5.86. The van der Waals surface area contributed by atoms with Crippen LogP contribution in [0.5, 0.6) is 0 Å². The van der Waals surface area contributed by atoms with Gasteiger partial charge in [-0.2, -0.15) is 0 Å². The van der Waals surface area contributed by atoms with Gasteiger partial charge in [-0.1, -0.05) is 24.3 Å². The number of amides is 1. The van der Waals surface area contributed by atoms with Crippen molar-refractivity contribution in [2.45, 2.75) is 40.0 Å². The monoisotopic (exact) mass is 334 g/mol. The van der Waals surface area contributed by atoms with Crippen molar-refractivity contribution < 1.29 is 9.53 Å². The molecule has 0 atom stereocenters. The lowest BCUT2D eigenvalue weighted by atomic mass is 10.1. The minimum atomic E-state index is 0.00936. The summed E-state index contributed by atoms with van der Waals surface area (Å²) in [6.45, 7) is 8.19. The van der Waals surface area contributed by atoms with Crippen molar-refractivity contribution in [1.29, 1.82) is 0 Å². The van der Waals surface area contributed by atoms with Crippen LogP contribution in [0.2, 0.25) is 0 Å². The molecule has 0 fully saturated rings. The Morgan fingerprint density at radius 1 is 1.17 bits per heavy atom. The number of rotatable bonds is 8. The third-order valence-electron chi connectivity index (χ3n) is 3.28. The maximum atomic E-state index is 11.6. The first-order valence-electron chi connectivity index (χ1n) is 8.34. The van der Waals surface area contributed by atoms with E-state index in [1.807, 2.05) is 20.8 Å². The number of carbonyl (C=O) groups excluding carboxylic acids is 1. The summed E-state index contributed by atoms with van der Waals surface area (Å²) in [6, 6.07) is 8.22. The highest BCUT2D eigenvalue weighted by atomic mass is 16.5. The van der Waals surface area contributed by atoms with E-state index >= 15 is 0 Å². The van der Waals surface area contributed by atoms with E-state index in [4.69, 9.17) is 4.74 Å². The normalized spacial score (nSPS) is 11.5. The first kappa shape index (κ1) is 20.0. The minimum Gasteiger partial charge on any atom is -0.374 e. The van der Waals surface area contributed by atoms with Gasteiger partial charge in [-0.25, -0.2) is 4.99 Å². The zero-order valence-electron chi connectivity index (χ0n) is 15.4. The Morgan fingerprint density at radius 3 is 2.33 bits per heavy atom. The predicted octanol–water partition coefficient (Wildman–Crippen LogP) is 1.75. The lowest BCUT2D eigenvalue weighted by Gasteiger charge is -2.14. The third kappa shape index (κ3) is 7.97. The first-order valence-corrected chi connectivity index (χ1v) is 8.34. The Bertz CT molecular complexity index is 524. The van der Waals surface area contributed by atoms with Crippen molar-refractivity contribution in [3.8, 4) is 0 Å². The Morgan fingerprint density at radius 2 is 1.79 bits per heavy atom. The quantitative estimate of drug-likeness (QED) is 0.561. The summed E-state index contributed by atoms with van der Waals surface area (Å²) in [6.07, 6.45) is 0.230. The van der Waals surface area contributed by atoms with Crippen LogP contribution < -0.4 is 10.6 Å². The highest BCUT2D eigenvalue weighted by Gasteiger charge is 2.05. The van der Waals surface area contributed by atoms with E-state index in [2.05, 4.69) is 39.9 Å². The van der Waals surface area contributed by atoms with Crippen molar-refractivity contribution in [3.63, 3.8) is 0 Å². The minimum absolute atomic E-state index is 0.00936. The smallest absolute Gasteiger partial charge is 0.241 e. The molecule has 0 aromatic heterocycles. The highest BCUT2D eigenvalue weighted by Crippen LogP contribution is 2.08. The van der Waals surface area contributed by atoms with Gasteiger partial charge in [0.25, 0.3) is 0 Å². The average Bonchev–Trinajstić information content (AvgIpc) is 2.56. The second-order valence-electron chi connectivity index (χ2n) is 6.01. The molecule has 0 aliphatic heterocycles. The fourth-order valence-electron chi connectivity index (χ4n) is 1.83. The number of hydrogen-bond donors (Lipinski definition) is 2. The van der Waals surface area contributed by atoms with Gasteiger partial charge >= 0.3 is 0 Å². The molecular weight excluding hydrogens is 304 g/mol. The Hall–Kier alpha value is -2.08. The van der Waals surface area contributed by atoms with Gasteiger partial charge in [0.05, 0.1) is 25.8 Å². The second kappa shape index (κ2) is 10.6. The van der Waals surface area contributed by atoms with E-state index in [9.17, 15) is 4.79 Å². The van der Waals surface area contributed by atoms with Crippen molar-refractivity contribution in [2.24, 2.45) is 4.99 Å². The van der Waals surface area contributed by atoms with Crippen molar-refractivity contribution in [1.82, 2.24) is 15.5 Å².